The summed E-state index contributed by atoms with van der Waals surface area (Å²) in [7, 11) is 0. The smallest absolute Gasteiger partial charge is 0.0811 e. The van der Waals surface area contributed by atoms with Gasteiger partial charge in [0.15, 0.2) is 0 Å². The Morgan fingerprint density at radius 3 is 2.45 bits per heavy atom. The van der Waals surface area contributed by atoms with Gasteiger partial charge in [-0.3, -0.25) is 0 Å². The van der Waals surface area contributed by atoms with E-state index in [0.717, 1.165) is 12.8 Å². The number of hydrogen-bond donors (Lipinski definition) is 1. The van der Waals surface area contributed by atoms with Crippen LogP contribution in [0.4, 0.5) is 0 Å². The number of hydrogen-bond acceptors (Lipinski definition) is 1. The molecule has 0 bridgehead atoms. The van der Waals surface area contributed by atoms with Gasteiger partial charge in [0.25, 0.3) is 0 Å². The first kappa shape index (κ1) is 8.54. The molecule has 1 heteroatoms. The molecule has 62 valence electrons. The van der Waals surface area contributed by atoms with Crippen molar-refractivity contribution in [1.82, 2.24) is 0 Å². The highest BCUT2D eigenvalue weighted by atomic mass is 16.3. The number of aliphatic hydroxyl groups excluding tert-OH is 1. The molecule has 0 amide bonds. The molecule has 11 heavy (non-hydrogen) atoms. The number of rotatable bonds is 3. The molecule has 1 nitrogen and oxygen atoms in total. The molecule has 0 aromatic carbocycles. The molecule has 0 aromatic heterocycles. The van der Waals surface area contributed by atoms with Crippen molar-refractivity contribution in [2.24, 2.45) is 5.41 Å². The normalized spacial score (nSPS) is 24.5. The molecule has 0 aromatic rings. The van der Waals surface area contributed by atoms with Gasteiger partial charge in [-0.25, -0.2) is 0 Å². The molecule has 1 rings (SSSR count). The third-order valence-electron chi connectivity index (χ3n) is 2.65. The minimum atomic E-state index is -0.321. The summed E-state index contributed by atoms with van der Waals surface area (Å²) in [4.78, 5) is 0. The maximum atomic E-state index is 9.66. The van der Waals surface area contributed by atoms with Gasteiger partial charge in [0, 0.05) is 5.41 Å². The molecular formula is C10H16O. The summed E-state index contributed by atoms with van der Waals surface area (Å²) < 4.78 is 0. The van der Waals surface area contributed by atoms with Crippen LogP contribution in [0, 0.1) is 5.41 Å². The van der Waals surface area contributed by atoms with E-state index in [0.29, 0.717) is 0 Å². The zero-order valence-corrected chi connectivity index (χ0v) is 7.09. The molecule has 1 unspecified atom stereocenters. The van der Waals surface area contributed by atoms with E-state index in [4.69, 9.17) is 0 Å². The quantitative estimate of drug-likeness (QED) is 0.615. The first-order valence-electron chi connectivity index (χ1n) is 4.19. The summed E-state index contributed by atoms with van der Waals surface area (Å²) in [6.07, 6.45) is 8.72. The molecule has 1 N–H and O–H groups in total. The van der Waals surface area contributed by atoms with Crippen molar-refractivity contribution in [3.8, 4) is 0 Å². The zero-order chi connectivity index (χ0) is 8.32. The van der Waals surface area contributed by atoms with Crippen molar-refractivity contribution in [2.75, 3.05) is 0 Å². The summed E-state index contributed by atoms with van der Waals surface area (Å²) in [5.74, 6) is 0. The SMILES string of the molecule is C=CC1(C(O)/C=C/C)CCC1. The summed E-state index contributed by atoms with van der Waals surface area (Å²) in [5.41, 5.74) is 0.00646. The van der Waals surface area contributed by atoms with Crippen LogP contribution in [-0.4, -0.2) is 11.2 Å². The van der Waals surface area contributed by atoms with Gasteiger partial charge < -0.3 is 5.11 Å². The Morgan fingerprint density at radius 2 is 2.18 bits per heavy atom. The maximum absolute atomic E-state index is 9.66. The Morgan fingerprint density at radius 1 is 1.55 bits per heavy atom. The highest BCUT2D eigenvalue weighted by Gasteiger charge is 2.39. The lowest BCUT2D eigenvalue weighted by atomic mass is 9.65. The molecule has 0 saturated heterocycles. The van der Waals surface area contributed by atoms with Crippen LogP contribution in [0.1, 0.15) is 26.2 Å². The predicted octanol–water partition coefficient (Wildman–Crippen LogP) is 2.28. The van der Waals surface area contributed by atoms with Gasteiger partial charge in [0.1, 0.15) is 0 Å². The standard InChI is InChI=1S/C10H16O/c1-3-6-9(11)10(4-2)7-5-8-10/h3-4,6,9,11H,2,5,7-8H2,1H3/b6-3+. The van der Waals surface area contributed by atoms with Gasteiger partial charge >= 0.3 is 0 Å². The second kappa shape index (κ2) is 3.22. The van der Waals surface area contributed by atoms with Gasteiger partial charge in [-0.2, -0.15) is 0 Å². The maximum Gasteiger partial charge on any atom is 0.0811 e. The van der Waals surface area contributed by atoms with Crippen molar-refractivity contribution < 1.29 is 5.11 Å². The third-order valence-corrected chi connectivity index (χ3v) is 2.65. The van der Waals surface area contributed by atoms with E-state index in [9.17, 15) is 5.11 Å². The Bertz CT molecular complexity index is 166. The van der Waals surface area contributed by atoms with Gasteiger partial charge in [0.2, 0.25) is 0 Å². The highest BCUT2D eigenvalue weighted by Crippen LogP contribution is 2.45. The van der Waals surface area contributed by atoms with Crippen LogP contribution in [0.15, 0.2) is 24.8 Å². The van der Waals surface area contributed by atoms with Gasteiger partial charge in [-0.15, -0.1) is 6.58 Å². The summed E-state index contributed by atoms with van der Waals surface area (Å²) >= 11 is 0. The molecule has 0 heterocycles. The second-order valence-corrected chi connectivity index (χ2v) is 3.26. The van der Waals surface area contributed by atoms with Crippen LogP contribution < -0.4 is 0 Å². The Balaban J connectivity index is 2.61. The fourth-order valence-electron chi connectivity index (χ4n) is 1.58. The van der Waals surface area contributed by atoms with Gasteiger partial charge in [-0.05, 0) is 19.8 Å². The largest absolute Gasteiger partial charge is 0.388 e. The molecule has 1 aliphatic rings. The topological polar surface area (TPSA) is 20.2 Å². The average molecular weight is 152 g/mol. The van der Waals surface area contributed by atoms with Crippen LogP contribution in [0.2, 0.25) is 0 Å². The van der Waals surface area contributed by atoms with E-state index in [1.54, 1.807) is 0 Å². The molecule has 0 aliphatic heterocycles. The van der Waals surface area contributed by atoms with E-state index in [2.05, 4.69) is 6.58 Å². The third kappa shape index (κ3) is 1.38. The first-order chi connectivity index (χ1) is 5.25. The highest BCUT2D eigenvalue weighted by molar-refractivity contribution is 5.10. The molecule has 0 radical (unpaired) electrons. The average Bonchev–Trinajstić information content (AvgIpc) is 1.87. The number of aliphatic hydroxyl groups is 1. The molecule has 1 saturated carbocycles. The fraction of sp³-hybridized carbons (Fsp3) is 0.600. The van der Waals surface area contributed by atoms with Gasteiger partial charge in [-0.1, -0.05) is 24.6 Å². The lowest BCUT2D eigenvalue weighted by Crippen LogP contribution is -2.38. The van der Waals surface area contributed by atoms with Crippen molar-refractivity contribution in [3.05, 3.63) is 24.8 Å². The monoisotopic (exact) mass is 152 g/mol. The number of allylic oxidation sites excluding steroid dienone is 1. The lowest BCUT2D eigenvalue weighted by molar-refractivity contribution is 0.0370. The lowest BCUT2D eigenvalue weighted by Gasteiger charge is -2.42. The van der Waals surface area contributed by atoms with E-state index in [1.165, 1.54) is 6.42 Å². The Hall–Kier alpha value is -0.560. The molecule has 1 atom stereocenters. The van der Waals surface area contributed by atoms with Crippen molar-refractivity contribution in [3.63, 3.8) is 0 Å². The predicted molar refractivity (Wildman–Crippen MR) is 47.3 cm³/mol. The van der Waals surface area contributed by atoms with Crippen molar-refractivity contribution >= 4 is 0 Å². The second-order valence-electron chi connectivity index (χ2n) is 3.26. The van der Waals surface area contributed by atoms with Crippen LogP contribution in [-0.2, 0) is 0 Å². The fourth-order valence-corrected chi connectivity index (χ4v) is 1.58. The summed E-state index contributed by atoms with van der Waals surface area (Å²) in [6, 6.07) is 0. The summed E-state index contributed by atoms with van der Waals surface area (Å²) in [5, 5.41) is 9.66. The van der Waals surface area contributed by atoms with E-state index in [1.807, 2.05) is 25.2 Å². The zero-order valence-electron chi connectivity index (χ0n) is 7.09. The van der Waals surface area contributed by atoms with E-state index in [-0.39, 0.29) is 11.5 Å². The summed E-state index contributed by atoms with van der Waals surface area (Å²) in [6.45, 7) is 5.69. The van der Waals surface area contributed by atoms with Crippen molar-refractivity contribution in [2.45, 2.75) is 32.3 Å². The molecule has 1 fully saturated rings. The minimum absolute atomic E-state index is 0.00646. The van der Waals surface area contributed by atoms with Crippen LogP contribution in [0.3, 0.4) is 0 Å². The van der Waals surface area contributed by atoms with E-state index < -0.39 is 0 Å². The van der Waals surface area contributed by atoms with E-state index >= 15 is 0 Å². The first-order valence-corrected chi connectivity index (χ1v) is 4.19. The van der Waals surface area contributed by atoms with Gasteiger partial charge in [0.05, 0.1) is 6.10 Å². The van der Waals surface area contributed by atoms with Crippen LogP contribution in [0.5, 0.6) is 0 Å². The molecular weight excluding hydrogens is 136 g/mol. The Labute approximate surface area is 68.4 Å². The van der Waals surface area contributed by atoms with Crippen LogP contribution in [0.25, 0.3) is 0 Å². The molecule has 0 spiro atoms. The van der Waals surface area contributed by atoms with Crippen molar-refractivity contribution in [1.29, 1.82) is 0 Å². The Kier molecular flexibility index (Phi) is 2.50. The minimum Gasteiger partial charge on any atom is -0.388 e. The molecule has 1 aliphatic carbocycles. The van der Waals surface area contributed by atoms with Crippen LogP contribution >= 0.6 is 0 Å².